The Kier molecular flexibility index (Phi) is 6.06. The normalized spacial score (nSPS) is 10.1. The third-order valence-corrected chi connectivity index (χ3v) is 4.79. The molecule has 0 aliphatic heterocycles. The van der Waals surface area contributed by atoms with Crippen LogP contribution < -0.4 is 11.3 Å². The van der Waals surface area contributed by atoms with Crippen molar-refractivity contribution in [3.63, 3.8) is 0 Å². The number of anilines is 1. The average molecular weight is 338 g/mol. The zero-order valence-corrected chi connectivity index (χ0v) is 14.2. The number of rotatable bonds is 6. The molecule has 0 bridgehead atoms. The Morgan fingerprint density at radius 3 is 2.54 bits per heavy atom. The van der Waals surface area contributed by atoms with E-state index in [1.54, 1.807) is 11.8 Å². The van der Waals surface area contributed by atoms with E-state index in [1.807, 2.05) is 36.4 Å². The first-order valence-corrected chi connectivity index (χ1v) is 8.70. The first-order chi connectivity index (χ1) is 11.6. The van der Waals surface area contributed by atoms with Crippen molar-refractivity contribution in [2.75, 3.05) is 11.5 Å². The number of nitriles is 2. The van der Waals surface area contributed by atoms with Gasteiger partial charge in [-0.15, -0.1) is 11.8 Å². The van der Waals surface area contributed by atoms with Gasteiger partial charge in [-0.3, -0.25) is 4.79 Å². The fraction of sp³-hybridized carbons (Fsp3) is 0.278. The molecule has 0 aliphatic carbocycles. The van der Waals surface area contributed by atoms with Crippen molar-refractivity contribution < 1.29 is 0 Å². The molecule has 122 valence electrons. The van der Waals surface area contributed by atoms with Gasteiger partial charge in [0.2, 0.25) is 0 Å². The van der Waals surface area contributed by atoms with Crippen molar-refractivity contribution in [3.05, 3.63) is 45.7 Å². The number of H-pyrrole nitrogens is 1. The number of nitrogens with two attached hydrogens (primary N) is 1. The summed E-state index contributed by atoms with van der Waals surface area (Å²) >= 11 is 1.66. The van der Waals surface area contributed by atoms with Crippen LogP contribution in [0.2, 0.25) is 0 Å². The number of thioether (sulfide) groups is 1. The van der Waals surface area contributed by atoms with Crippen LogP contribution in [0.4, 0.5) is 5.82 Å². The molecule has 0 spiro atoms. The third-order valence-electron chi connectivity index (χ3n) is 3.63. The Hall–Kier alpha value is -2.70. The summed E-state index contributed by atoms with van der Waals surface area (Å²) in [5, 5.41) is 18.8. The largest absolute Gasteiger partial charge is 0.384 e. The van der Waals surface area contributed by atoms with Crippen LogP contribution >= 0.6 is 11.8 Å². The van der Waals surface area contributed by atoms with E-state index in [0.29, 0.717) is 11.1 Å². The SMILES string of the molecule is CCCCCSc1ccccc1-c1c(C#N)c(N)[nH]c(=O)c1C#N. The monoisotopic (exact) mass is 338 g/mol. The Morgan fingerprint density at radius 1 is 1.17 bits per heavy atom. The molecule has 1 aromatic heterocycles. The lowest BCUT2D eigenvalue weighted by Gasteiger charge is -2.13. The van der Waals surface area contributed by atoms with Gasteiger partial charge in [-0.25, -0.2) is 0 Å². The standard InChI is InChI=1S/C18H18N4OS/c1-2-3-6-9-24-15-8-5-4-7-12(15)16-13(10-19)17(21)22-18(23)14(16)11-20/h4-5,7-8H,2-3,6,9H2,1H3,(H3,21,22,23). The number of pyridine rings is 1. The quantitative estimate of drug-likeness (QED) is 0.617. The molecule has 0 amide bonds. The van der Waals surface area contributed by atoms with Gasteiger partial charge < -0.3 is 10.7 Å². The average Bonchev–Trinajstić information content (AvgIpc) is 2.58. The van der Waals surface area contributed by atoms with Crippen LogP contribution in [-0.4, -0.2) is 10.7 Å². The van der Waals surface area contributed by atoms with Crippen LogP contribution in [0.15, 0.2) is 34.0 Å². The van der Waals surface area contributed by atoms with E-state index in [4.69, 9.17) is 5.73 Å². The minimum absolute atomic E-state index is 0.0118. The maximum atomic E-state index is 12.1. The van der Waals surface area contributed by atoms with Gasteiger partial charge in [-0.2, -0.15) is 10.5 Å². The molecule has 3 N–H and O–H groups in total. The number of benzene rings is 1. The fourth-order valence-corrected chi connectivity index (χ4v) is 3.51. The van der Waals surface area contributed by atoms with Gasteiger partial charge in [0.15, 0.2) is 0 Å². The van der Waals surface area contributed by atoms with Gasteiger partial charge in [0.25, 0.3) is 5.56 Å². The summed E-state index contributed by atoms with van der Waals surface area (Å²) in [6.45, 7) is 2.15. The summed E-state index contributed by atoms with van der Waals surface area (Å²) in [5.41, 5.74) is 6.28. The van der Waals surface area contributed by atoms with Gasteiger partial charge in [0.1, 0.15) is 29.1 Å². The van der Waals surface area contributed by atoms with Crippen molar-refractivity contribution in [2.45, 2.75) is 31.1 Å². The van der Waals surface area contributed by atoms with Crippen molar-refractivity contribution in [2.24, 2.45) is 0 Å². The smallest absolute Gasteiger partial charge is 0.268 e. The Morgan fingerprint density at radius 2 is 1.88 bits per heavy atom. The lowest BCUT2D eigenvalue weighted by Crippen LogP contribution is -2.16. The van der Waals surface area contributed by atoms with Gasteiger partial charge in [-0.05, 0) is 23.8 Å². The number of hydrogen-bond donors (Lipinski definition) is 2. The van der Waals surface area contributed by atoms with Crippen LogP contribution in [-0.2, 0) is 0 Å². The molecule has 6 heteroatoms. The Balaban J connectivity index is 2.59. The van der Waals surface area contributed by atoms with Crippen molar-refractivity contribution >= 4 is 17.6 Å². The summed E-state index contributed by atoms with van der Waals surface area (Å²) in [4.78, 5) is 15.4. The molecule has 1 aromatic carbocycles. The second-order valence-electron chi connectivity index (χ2n) is 5.27. The maximum Gasteiger partial charge on any atom is 0.268 e. The summed E-state index contributed by atoms with van der Waals surface area (Å²) in [7, 11) is 0. The molecule has 0 radical (unpaired) electrons. The van der Waals surface area contributed by atoms with Crippen LogP contribution in [0.1, 0.15) is 37.3 Å². The molecule has 0 aliphatic rings. The summed E-state index contributed by atoms with van der Waals surface area (Å²) in [5.74, 6) is 0.926. The summed E-state index contributed by atoms with van der Waals surface area (Å²) < 4.78 is 0. The number of nitrogens with one attached hydrogen (secondary N) is 1. The van der Waals surface area contributed by atoms with Crippen LogP contribution in [0.3, 0.4) is 0 Å². The summed E-state index contributed by atoms with van der Waals surface area (Å²) in [6, 6.07) is 11.4. The van der Waals surface area contributed by atoms with Crippen molar-refractivity contribution in [1.82, 2.24) is 4.98 Å². The molecule has 0 atom stereocenters. The molecular weight excluding hydrogens is 320 g/mol. The van der Waals surface area contributed by atoms with Crippen LogP contribution in [0.5, 0.6) is 0 Å². The number of aromatic nitrogens is 1. The van der Waals surface area contributed by atoms with E-state index >= 15 is 0 Å². The number of aromatic amines is 1. The highest BCUT2D eigenvalue weighted by Gasteiger charge is 2.20. The van der Waals surface area contributed by atoms with Crippen LogP contribution in [0.25, 0.3) is 11.1 Å². The lowest BCUT2D eigenvalue weighted by molar-refractivity contribution is 0.778. The second-order valence-corrected chi connectivity index (χ2v) is 6.40. The first-order valence-electron chi connectivity index (χ1n) is 7.72. The highest BCUT2D eigenvalue weighted by molar-refractivity contribution is 7.99. The van der Waals surface area contributed by atoms with Gasteiger partial charge >= 0.3 is 0 Å². The minimum Gasteiger partial charge on any atom is -0.384 e. The summed E-state index contributed by atoms with van der Waals surface area (Å²) in [6.07, 6.45) is 3.38. The van der Waals surface area contributed by atoms with E-state index in [2.05, 4.69) is 11.9 Å². The molecule has 0 saturated heterocycles. The van der Waals surface area contributed by atoms with E-state index < -0.39 is 5.56 Å². The first kappa shape index (κ1) is 17.7. The van der Waals surface area contributed by atoms with Crippen molar-refractivity contribution in [1.29, 1.82) is 10.5 Å². The number of unbranched alkanes of at least 4 members (excludes halogenated alkanes) is 2. The zero-order valence-electron chi connectivity index (χ0n) is 13.4. The molecular formula is C18H18N4OS. The highest BCUT2D eigenvalue weighted by Crippen LogP contribution is 2.36. The predicted octanol–water partition coefficient (Wildman–Crippen LogP) is 3.65. The lowest BCUT2D eigenvalue weighted by atomic mass is 9.97. The maximum absolute atomic E-state index is 12.1. The molecule has 24 heavy (non-hydrogen) atoms. The number of nitrogens with zero attached hydrogens (tertiary/aromatic N) is 2. The van der Waals surface area contributed by atoms with E-state index in [9.17, 15) is 15.3 Å². The fourth-order valence-electron chi connectivity index (χ4n) is 2.45. The van der Waals surface area contributed by atoms with Crippen LogP contribution in [0, 0.1) is 22.7 Å². The Bertz CT molecular complexity index is 874. The predicted molar refractivity (Wildman–Crippen MR) is 96.6 cm³/mol. The highest BCUT2D eigenvalue weighted by atomic mass is 32.2. The van der Waals surface area contributed by atoms with Crippen molar-refractivity contribution in [3.8, 4) is 23.3 Å². The van der Waals surface area contributed by atoms with E-state index in [0.717, 1.165) is 29.9 Å². The zero-order chi connectivity index (χ0) is 17.5. The molecule has 2 aromatic rings. The molecule has 0 unspecified atom stereocenters. The Labute approximate surface area is 145 Å². The molecule has 0 fully saturated rings. The van der Waals surface area contributed by atoms with Gasteiger partial charge in [0, 0.05) is 10.5 Å². The van der Waals surface area contributed by atoms with Gasteiger partial charge in [-0.1, -0.05) is 38.0 Å². The van der Waals surface area contributed by atoms with E-state index in [1.165, 1.54) is 0 Å². The minimum atomic E-state index is -0.574. The molecule has 1 heterocycles. The third kappa shape index (κ3) is 3.61. The number of nitrogen functional groups attached to an aromatic ring is 1. The molecule has 5 nitrogen and oxygen atoms in total. The van der Waals surface area contributed by atoms with Gasteiger partial charge in [0.05, 0.1) is 0 Å². The molecule has 0 saturated carbocycles. The second kappa shape index (κ2) is 8.24. The number of hydrogen-bond acceptors (Lipinski definition) is 5. The topological polar surface area (TPSA) is 106 Å². The van der Waals surface area contributed by atoms with E-state index in [-0.39, 0.29) is 16.9 Å². The molecule has 2 rings (SSSR count).